The van der Waals surface area contributed by atoms with Gasteiger partial charge in [0.15, 0.2) is 17.7 Å². The van der Waals surface area contributed by atoms with Crippen LogP contribution in [0, 0.1) is 29.1 Å². The lowest BCUT2D eigenvalue weighted by Crippen LogP contribution is -2.62. The molecule has 0 saturated carbocycles. The number of esters is 2. The molecule has 14 atom stereocenters. The van der Waals surface area contributed by atoms with Gasteiger partial charge >= 0.3 is 11.9 Å². The van der Waals surface area contributed by atoms with Gasteiger partial charge in [0.25, 0.3) is 0 Å². The summed E-state index contributed by atoms with van der Waals surface area (Å²) in [4.78, 5) is 44.0. The average molecular weight is 653 g/mol. The van der Waals surface area contributed by atoms with E-state index in [-0.39, 0.29) is 54.8 Å². The van der Waals surface area contributed by atoms with E-state index < -0.39 is 59.0 Å². The number of likely N-dealkylation sites (N-methyl/N-ethyl adjacent to an activating group) is 1. The van der Waals surface area contributed by atoms with E-state index in [0.29, 0.717) is 32.2 Å². The molecule has 11 heteroatoms. The smallest absolute Gasteiger partial charge is 0.320 e. The Labute approximate surface area is 275 Å². The minimum Gasteiger partial charge on any atom is -0.457 e. The van der Waals surface area contributed by atoms with Crippen LogP contribution in [-0.2, 0) is 38.1 Å². The topological polar surface area (TPSA) is 133 Å². The highest BCUT2D eigenvalue weighted by atomic mass is 16.7. The maximum Gasteiger partial charge on any atom is 0.320 e. The zero-order chi connectivity index (χ0) is 34.4. The summed E-state index contributed by atoms with van der Waals surface area (Å²) in [6.45, 7) is 18.0. The molecule has 46 heavy (non-hydrogen) atoms. The van der Waals surface area contributed by atoms with Crippen molar-refractivity contribution in [3.05, 3.63) is 0 Å². The molecule has 2 bridgehead atoms. The number of aliphatic hydroxyl groups is 1. The van der Waals surface area contributed by atoms with Crippen molar-refractivity contribution in [2.75, 3.05) is 27.2 Å². The van der Waals surface area contributed by atoms with Gasteiger partial charge in [0.05, 0.1) is 30.8 Å². The third kappa shape index (κ3) is 6.79. The fraction of sp³-hybridized carbons (Fsp3) is 0.914. The van der Waals surface area contributed by atoms with Crippen molar-refractivity contribution in [2.45, 2.75) is 148 Å². The van der Waals surface area contributed by atoms with Crippen LogP contribution < -0.4 is 5.32 Å². The van der Waals surface area contributed by atoms with Crippen molar-refractivity contribution in [3.8, 4) is 0 Å². The van der Waals surface area contributed by atoms with Crippen molar-refractivity contribution in [1.29, 1.82) is 0 Å². The number of nitrogens with one attached hydrogen (secondary N) is 1. The average Bonchev–Trinajstić information content (AvgIpc) is 3.31. The minimum atomic E-state index is -1.56. The van der Waals surface area contributed by atoms with Gasteiger partial charge in [0.1, 0.15) is 17.6 Å². The monoisotopic (exact) mass is 652 g/mol. The maximum absolute atomic E-state index is 14.9. The molecule has 2 N–H and O–H groups in total. The van der Waals surface area contributed by atoms with E-state index in [9.17, 15) is 19.5 Å². The molecule has 5 aliphatic heterocycles. The van der Waals surface area contributed by atoms with Crippen molar-refractivity contribution in [3.63, 3.8) is 0 Å². The molecule has 11 nitrogen and oxygen atoms in total. The Kier molecular flexibility index (Phi) is 11.4. The van der Waals surface area contributed by atoms with E-state index >= 15 is 0 Å². The van der Waals surface area contributed by atoms with Gasteiger partial charge < -0.3 is 39.0 Å². The Balaban J connectivity index is 1.82. The number of ketones is 1. The highest BCUT2D eigenvalue weighted by Gasteiger charge is 2.60. The van der Waals surface area contributed by atoms with Crippen LogP contribution in [0.5, 0.6) is 0 Å². The van der Waals surface area contributed by atoms with Gasteiger partial charge in [-0.15, -0.1) is 0 Å². The second-order valence-corrected chi connectivity index (χ2v) is 15.5. The number of nitrogens with zero attached hydrogens (tertiary/aromatic N) is 1. The number of aliphatic hydroxyl groups excluding tert-OH is 1. The van der Waals surface area contributed by atoms with Gasteiger partial charge in [0.2, 0.25) is 0 Å². The zero-order valence-corrected chi connectivity index (χ0v) is 30.0. The molecule has 5 saturated heterocycles. The maximum atomic E-state index is 14.9. The number of carbonyl (C=O) groups is 3. The molecule has 5 rings (SSSR count). The largest absolute Gasteiger partial charge is 0.457 e. The zero-order valence-electron chi connectivity index (χ0n) is 30.0. The molecule has 5 heterocycles. The van der Waals surface area contributed by atoms with Crippen molar-refractivity contribution >= 4 is 17.7 Å². The molecule has 0 radical (unpaired) electrons. The van der Waals surface area contributed by atoms with Crippen LogP contribution in [0.15, 0.2) is 0 Å². The first-order valence-corrected chi connectivity index (χ1v) is 17.4. The number of fused-ring (bicyclic) bond motifs is 10. The minimum absolute atomic E-state index is 0.0756. The van der Waals surface area contributed by atoms with Gasteiger partial charge in [-0.3, -0.25) is 14.4 Å². The van der Waals surface area contributed by atoms with E-state index in [1.807, 2.05) is 60.5 Å². The summed E-state index contributed by atoms with van der Waals surface area (Å²) in [6.07, 6.45) is -1.39. The van der Waals surface area contributed by atoms with E-state index in [4.69, 9.17) is 23.7 Å². The van der Waals surface area contributed by atoms with E-state index in [1.165, 1.54) is 0 Å². The SMILES string of the molecule is CCC1CO[C@@]2(C)C[C@@H](C)CN[C@H](C)[C@H]3CC(=O)O[C@]3(C)[C@@H](CC)OC(=O)[C@@]1(C)C(=O)[C@H](C)[C@H]2OC1OC(C)CC(N(C)C)C1O. The lowest BCUT2D eigenvalue weighted by molar-refractivity contribution is -0.301. The summed E-state index contributed by atoms with van der Waals surface area (Å²) in [7, 11) is 3.84. The van der Waals surface area contributed by atoms with Crippen molar-refractivity contribution < 1.29 is 43.2 Å². The number of hydrogen-bond acceptors (Lipinski definition) is 11. The molecule has 0 aliphatic carbocycles. The van der Waals surface area contributed by atoms with Crippen LogP contribution in [0.1, 0.15) is 94.4 Å². The Morgan fingerprint density at radius 3 is 2.33 bits per heavy atom. The van der Waals surface area contributed by atoms with Crippen LogP contribution in [-0.4, -0.2) is 109 Å². The van der Waals surface area contributed by atoms with Crippen LogP contribution in [0.2, 0.25) is 0 Å². The molecule has 5 fully saturated rings. The third-order valence-corrected chi connectivity index (χ3v) is 11.7. The first-order valence-electron chi connectivity index (χ1n) is 17.4. The third-order valence-electron chi connectivity index (χ3n) is 11.7. The Hall–Kier alpha value is -1.63. The lowest BCUT2D eigenvalue weighted by atomic mass is 9.65. The molecule has 5 unspecified atom stereocenters. The summed E-state index contributed by atoms with van der Waals surface area (Å²) in [5.74, 6) is -2.68. The molecule has 0 aromatic heterocycles. The van der Waals surface area contributed by atoms with Crippen molar-refractivity contribution in [2.24, 2.45) is 29.1 Å². The standard InChI is InChI=1S/C35H60N2O9/c1-12-23-18-42-33(7)16-19(3)17-36-22(6)24-15-27(38)46-35(24,9)26(13-2)44-32(41)34(23,8)29(40)21(5)30(33)45-31-28(39)25(37(10)11)14-20(4)43-31/h19-26,28,30-31,36,39H,12-18H2,1-11H3/t19-,20?,21+,22-,23?,24-,25?,26-,28?,30-,31?,33+,34-,35+/m1/s1. The normalized spacial score (nSPS) is 47.8. The molecular formula is C35H60N2O9. The van der Waals surface area contributed by atoms with Crippen LogP contribution in [0.4, 0.5) is 0 Å². The van der Waals surface area contributed by atoms with Gasteiger partial charge in [0, 0.05) is 29.8 Å². The Morgan fingerprint density at radius 1 is 1.04 bits per heavy atom. The van der Waals surface area contributed by atoms with Gasteiger partial charge in [-0.05, 0) is 86.9 Å². The number of rotatable bonds is 5. The van der Waals surface area contributed by atoms with E-state index in [2.05, 4.69) is 12.2 Å². The number of ether oxygens (including phenoxy) is 5. The summed E-state index contributed by atoms with van der Waals surface area (Å²) in [6, 6.07) is -0.316. The molecule has 0 spiro atoms. The van der Waals surface area contributed by atoms with E-state index in [1.54, 1.807) is 13.8 Å². The van der Waals surface area contributed by atoms with Crippen molar-refractivity contribution in [1.82, 2.24) is 10.2 Å². The van der Waals surface area contributed by atoms with Crippen LogP contribution in [0.3, 0.4) is 0 Å². The molecule has 0 aromatic rings. The molecule has 0 amide bonds. The fourth-order valence-electron chi connectivity index (χ4n) is 8.78. The van der Waals surface area contributed by atoms with Gasteiger partial charge in [-0.25, -0.2) is 0 Å². The molecular weight excluding hydrogens is 592 g/mol. The highest BCUT2D eigenvalue weighted by molar-refractivity contribution is 6.05. The van der Waals surface area contributed by atoms with Gasteiger partial charge in [-0.2, -0.15) is 0 Å². The van der Waals surface area contributed by atoms with E-state index in [0.717, 1.165) is 0 Å². The first-order chi connectivity index (χ1) is 21.4. The Morgan fingerprint density at radius 2 is 1.72 bits per heavy atom. The Bertz CT molecular complexity index is 1120. The summed E-state index contributed by atoms with van der Waals surface area (Å²) in [5, 5.41) is 15.0. The first kappa shape index (κ1) is 37.2. The van der Waals surface area contributed by atoms with Gasteiger partial charge in [-0.1, -0.05) is 27.7 Å². The summed E-state index contributed by atoms with van der Waals surface area (Å²) in [5.41, 5.74) is -3.57. The quantitative estimate of drug-likeness (QED) is 0.334. The number of Topliss-reactive ketones (excluding diaryl/α,β-unsaturated/α-hetero) is 1. The molecule has 5 aliphatic rings. The predicted molar refractivity (Wildman–Crippen MR) is 172 cm³/mol. The molecule has 0 aromatic carbocycles. The molecule has 264 valence electrons. The summed E-state index contributed by atoms with van der Waals surface area (Å²) < 4.78 is 32.0. The highest BCUT2D eigenvalue weighted by Crippen LogP contribution is 2.47. The summed E-state index contributed by atoms with van der Waals surface area (Å²) >= 11 is 0. The van der Waals surface area contributed by atoms with Crippen LogP contribution >= 0.6 is 0 Å². The second-order valence-electron chi connectivity index (χ2n) is 15.5. The van der Waals surface area contributed by atoms with Crippen LogP contribution in [0.25, 0.3) is 0 Å². The second kappa shape index (κ2) is 14.1. The fourth-order valence-corrected chi connectivity index (χ4v) is 8.78. The number of carbonyl (C=O) groups excluding carboxylic acids is 3. The lowest BCUT2D eigenvalue weighted by Gasteiger charge is -2.50. The predicted octanol–water partition coefficient (Wildman–Crippen LogP) is 3.49. The number of hydrogen-bond donors (Lipinski definition) is 2.